The smallest absolute Gasteiger partial charge is 0.160 e. The van der Waals surface area contributed by atoms with Crippen molar-refractivity contribution in [3.63, 3.8) is 0 Å². The van der Waals surface area contributed by atoms with Crippen LogP contribution in [0.2, 0.25) is 0 Å². The van der Waals surface area contributed by atoms with Crippen molar-refractivity contribution >= 4 is 34.7 Å². The first kappa shape index (κ1) is 10.4. The van der Waals surface area contributed by atoms with Crippen LogP contribution in [0.5, 0.6) is 0 Å². The van der Waals surface area contributed by atoms with Gasteiger partial charge in [0.1, 0.15) is 6.29 Å². The topological polar surface area (TPSA) is 34.1 Å². The quantitative estimate of drug-likeness (QED) is 0.476. The molecule has 2 nitrogen and oxygen atoms in total. The van der Waals surface area contributed by atoms with E-state index in [2.05, 4.69) is 22.6 Å². The van der Waals surface area contributed by atoms with Crippen molar-refractivity contribution in [1.29, 1.82) is 0 Å². The number of carbonyl (C=O) groups excluding carboxylic acids is 2. The second-order valence-corrected chi connectivity index (χ2v) is 4.02. The van der Waals surface area contributed by atoms with Crippen molar-refractivity contribution in [2.75, 3.05) is 0 Å². The van der Waals surface area contributed by atoms with Gasteiger partial charge >= 0.3 is 0 Å². The van der Waals surface area contributed by atoms with Gasteiger partial charge in [0.05, 0.1) is 0 Å². The standard InChI is InChI=1S/C10H9IO2/c1-6-3-10(11)9(7(2)13)4-8(6)5-12/h3-5H,1-2H3. The second kappa shape index (κ2) is 4.00. The van der Waals surface area contributed by atoms with E-state index >= 15 is 0 Å². The van der Waals surface area contributed by atoms with Crippen molar-refractivity contribution < 1.29 is 9.59 Å². The highest BCUT2D eigenvalue weighted by atomic mass is 127. The predicted molar refractivity (Wildman–Crippen MR) is 59.3 cm³/mol. The first-order chi connectivity index (χ1) is 6.06. The Labute approximate surface area is 90.5 Å². The van der Waals surface area contributed by atoms with E-state index in [0.29, 0.717) is 11.1 Å². The van der Waals surface area contributed by atoms with Crippen LogP contribution in [0.15, 0.2) is 12.1 Å². The van der Waals surface area contributed by atoms with Crippen molar-refractivity contribution in [3.8, 4) is 0 Å². The average molecular weight is 288 g/mol. The molecule has 0 atom stereocenters. The van der Waals surface area contributed by atoms with E-state index in [0.717, 1.165) is 15.4 Å². The van der Waals surface area contributed by atoms with Crippen LogP contribution in [0.3, 0.4) is 0 Å². The van der Waals surface area contributed by atoms with Crippen LogP contribution in [-0.2, 0) is 0 Å². The SMILES string of the molecule is CC(=O)c1cc(C=O)c(C)cc1I. The van der Waals surface area contributed by atoms with Crippen LogP contribution in [0, 0.1) is 10.5 Å². The minimum Gasteiger partial charge on any atom is -0.298 e. The van der Waals surface area contributed by atoms with Crippen molar-refractivity contribution in [2.45, 2.75) is 13.8 Å². The van der Waals surface area contributed by atoms with Crippen LogP contribution >= 0.6 is 22.6 Å². The number of hydrogen-bond acceptors (Lipinski definition) is 2. The Morgan fingerprint density at radius 3 is 2.54 bits per heavy atom. The zero-order valence-corrected chi connectivity index (χ0v) is 9.58. The monoisotopic (exact) mass is 288 g/mol. The molecule has 0 saturated carbocycles. The van der Waals surface area contributed by atoms with Gasteiger partial charge in [0, 0.05) is 14.7 Å². The fourth-order valence-corrected chi connectivity index (χ4v) is 2.09. The van der Waals surface area contributed by atoms with Crippen LogP contribution in [-0.4, -0.2) is 12.1 Å². The molecule has 1 aromatic carbocycles. The zero-order valence-electron chi connectivity index (χ0n) is 7.43. The van der Waals surface area contributed by atoms with Gasteiger partial charge < -0.3 is 0 Å². The number of halogens is 1. The lowest BCUT2D eigenvalue weighted by Crippen LogP contribution is -1.99. The van der Waals surface area contributed by atoms with E-state index in [1.165, 1.54) is 6.92 Å². The molecule has 0 saturated heterocycles. The molecule has 0 amide bonds. The molecule has 3 heteroatoms. The Bertz CT molecular complexity index is 369. The summed E-state index contributed by atoms with van der Waals surface area (Å²) in [6, 6.07) is 3.49. The average Bonchev–Trinajstić information content (AvgIpc) is 2.03. The molecule has 0 bridgehead atoms. The summed E-state index contributed by atoms with van der Waals surface area (Å²) < 4.78 is 0.896. The lowest BCUT2D eigenvalue weighted by Gasteiger charge is -2.04. The molecule has 1 aromatic rings. The summed E-state index contributed by atoms with van der Waals surface area (Å²) in [6.45, 7) is 3.36. The Hall–Kier alpha value is -0.710. The zero-order chi connectivity index (χ0) is 10.0. The minimum atomic E-state index is -0.00694. The highest BCUT2D eigenvalue weighted by Crippen LogP contribution is 2.17. The van der Waals surface area contributed by atoms with E-state index in [4.69, 9.17) is 0 Å². The van der Waals surface area contributed by atoms with Crippen molar-refractivity contribution in [2.24, 2.45) is 0 Å². The van der Waals surface area contributed by atoms with Gasteiger partial charge in [-0.15, -0.1) is 0 Å². The highest BCUT2D eigenvalue weighted by Gasteiger charge is 2.08. The van der Waals surface area contributed by atoms with Crippen molar-refractivity contribution in [3.05, 3.63) is 32.4 Å². The number of carbonyl (C=O) groups is 2. The van der Waals surface area contributed by atoms with Gasteiger partial charge in [-0.05, 0) is 54.1 Å². The first-order valence-electron chi connectivity index (χ1n) is 3.82. The number of rotatable bonds is 2. The van der Waals surface area contributed by atoms with E-state index in [-0.39, 0.29) is 5.78 Å². The van der Waals surface area contributed by atoms with Gasteiger partial charge in [0.2, 0.25) is 0 Å². The van der Waals surface area contributed by atoms with Crippen LogP contribution in [0.1, 0.15) is 33.2 Å². The normalized spacial score (nSPS) is 9.77. The second-order valence-electron chi connectivity index (χ2n) is 2.86. The molecule has 1 rings (SSSR count). The molecule has 0 aliphatic carbocycles. The fraction of sp³-hybridized carbons (Fsp3) is 0.200. The number of aryl methyl sites for hydroxylation is 1. The molecule has 0 fully saturated rings. The number of ketones is 1. The maximum atomic E-state index is 11.1. The molecule has 0 spiro atoms. The molecule has 0 aromatic heterocycles. The molecule has 0 aliphatic heterocycles. The van der Waals surface area contributed by atoms with Gasteiger partial charge in [-0.25, -0.2) is 0 Å². The van der Waals surface area contributed by atoms with E-state index in [1.807, 2.05) is 13.0 Å². The summed E-state index contributed by atoms with van der Waals surface area (Å²) in [7, 11) is 0. The lowest BCUT2D eigenvalue weighted by molar-refractivity contribution is 0.101. The Kier molecular flexibility index (Phi) is 3.19. The van der Waals surface area contributed by atoms with Gasteiger partial charge in [-0.2, -0.15) is 0 Å². The Balaban J connectivity index is 3.38. The third kappa shape index (κ3) is 2.15. The Morgan fingerprint density at radius 1 is 1.46 bits per heavy atom. The summed E-state index contributed by atoms with van der Waals surface area (Å²) in [5.41, 5.74) is 2.11. The highest BCUT2D eigenvalue weighted by molar-refractivity contribution is 14.1. The van der Waals surface area contributed by atoms with E-state index in [1.54, 1.807) is 6.07 Å². The van der Waals surface area contributed by atoms with Crippen LogP contribution in [0.25, 0.3) is 0 Å². The number of benzene rings is 1. The molecular formula is C10H9IO2. The largest absolute Gasteiger partial charge is 0.298 e. The number of Topliss-reactive ketones (excluding diaryl/α,β-unsaturated/α-hetero) is 1. The third-order valence-corrected chi connectivity index (χ3v) is 2.75. The maximum Gasteiger partial charge on any atom is 0.160 e. The first-order valence-corrected chi connectivity index (χ1v) is 4.90. The molecular weight excluding hydrogens is 279 g/mol. The third-order valence-electron chi connectivity index (χ3n) is 1.86. The summed E-state index contributed by atoms with van der Waals surface area (Å²) in [6.07, 6.45) is 0.776. The maximum absolute atomic E-state index is 11.1. The summed E-state index contributed by atoms with van der Waals surface area (Å²) in [5.74, 6) is -0.00694. The summed E-state index contributed by atoms with van der Waals surface area (Å²) >= 11 is 2.10. The fourth-order valence-electron chi connectivity index (χ4n) is 1.09. The molecule has 0 N–H and O–H groups in total. The van der Waals surface area contributed by atoms with Crippen molar-refractivity contribution in [1.82, 2.24) is 0 Å². The van der Waals surface area contributed by atoms with Gasteiger partial charge in [0.15, 0.2) is 5.78 Å². The lowest BCUT2D eigenvalue weighted by atomic mass is 10.0. The molecule has 68 valence electrons. The molecule has 13 heavy (non-hydrogen) atoms. The predicted octanol–water partition coefficient (Wildman–Crippen LogP) is 2.61. The van der Waals surface area contributed by atoms with Gasteiger partial charge in [-0.1, -0.05) is 0 Å². The molecule has 0 radical (unpaired) electrons. The molecule has 0 unspecified atom stereocenters. The minimum absolute atomic E-state index is 0.00694. The van der Waals surface area contributed by atoms with Gasteiger partial charge in [-0.3, -0.25) is 9.59 Å². The molecule has 0 aliphatic rings. The Morgan fingerprint density at radius 2 is 2.08 bits per heavy atom. The van der Waals surface area contributed by atoms with Crippen LogP contribution < -0.4 is 0 Å². The van der Waals surface area contributed by atoms with Gasteiger partial charge in [0.25, 0.3) is 0 Å². The van der Waals surface area contributed by atoms with Crippen LogP contribution in [0.4, 0.5) is 0 Å². The number of aldehydes is 1. The molecule has 0 heterocycles. The summed E-state index contributed by atoms with van der Waals surface area (Å²) in [4.78, 5) is 21.7. The number of hydrogen-bond donors (Lipinski definition) is 0. The van der Waals surface area contributed by atoms with E-state index in [9.17, 15) is 9.59 Å². The van der Waals surface area contributed by atoms with E-state index < -0.39 is 0 Å². The summed E-state index contributed by atoms with van der Waals surface area (Å²) in [5, 5.41) is 0.